The van der Waals surface area contributed by atoms with Crippen molar-refractivity contribution in [1.29, 1.82) is 0 Å². The Bertz CT molecular complexity index is 1020. The van der Waals surface area contributed by atoms with E-state index in [1.165, 1.54) is 0 Å². The van der Waals surface area contributed by atoms with Crippen LogP contribution in [0.3, 0.4) is 0 Å². The molecule has 0 spiro atoms. The molecule has 1 amide bonds. The van der Waals surface area contributed by atoms with Crippen LogP contribution in [0.5, 0.6) is 5.75 Å². The van der Waals surface area contributed by atoms with Crippen molar-refractivity contribution in [3.63, 3.8) is 0 Å². The van der Waals surface area contributed by atoms with Crippen LogP contribution in [0.15, 0.2) is 66.7 Å². The van der Waals surface area contributed by atoms with Crippen LogP contribution in [0, 0.1) is 5.92 Å². The quantitative estimate of drug-likeness (QED) is 0.358. The molecule has 0 fully saturated rings. The van der Waals surface area contributed by atoms with Crippen LogP contribution in [0.1, 0.15) is 31.4 Å². The van der Waals surface area contributed by atoms with Crippen molar-refractivity contribution in [3.05, 3.63) is 87.9 Å². The lowest BCUT2D eigenvalue weighted by molar-refractivity contribution is -0.116. The second kappa shape index (κ2) is 11.1. The van der Waals surface area contributed by atoms with E-state index >= 15 is 0 Å². The maximum absolute atomic E-state index is 12.0. The topological polar surface area (TPSA) is 50.4 Å². The first-order valence-corrected chi connectivity index (χ1v) is 11.0. The molecule has 0 bridgehead atoms. The molecule has 162 valence electrons. The number of para-hydroxylation sites is 1. The Morgan fingerprint density at radius 1 is 0.935 bits per heavy atom. The largest absolute Gasteiger partial charge is 0.488 e. The first-order valence-electron chi connectivity index (χ1n) is 10.2. The highest BCUT2D eigenvalue weighted by atomic mass is 35.5. The third-order valence-electron chi connectivity index (χ3n) is 4.63. The zero-order chi connectivity index (χ0) is 22.2. The van der Waals surface area contributed by atoms with E-state index < -0.39 is 0 Å². The van der Waals surface area contributed by atoms with Crippen LogP contribution in [-0.2, 0) is 17.9 Å². The van der Waals surface area contributed by atoms with E-state index in [0.29, 0.717) is 28.9 Å². The molecule has 0 saturated heterocycles. The molecule has 6 heteroatoms. The monoisotopic (exact) mass is 456 g/mol. The fourth-order valence-corrected chi connectivity index (χ4v) is 3.60. The lowest BCUT2D eigenvalue weighted by Gasteiger charge is -2.15. The Hall–Kier alpha value is -2.69. The molecule has 3 aromatic rings. The fourth-order valence-electron chi connectivity index (χ4n) is 3.10. The molecule has 0 atom stereocenters. The number of carbonyl (C=O) groups excluding carboxylic acids is 1. The summed E-state index contributed by atoms with van der Waals surface area (Å²) in [5.41, 5.74) is 3.44. The zero-order valence-electron chi connectivity index (χ0n) is 17.6. The van der Waals surface area contributed by atoms with Crippen molar-refractivity contribution in [2.75, 3.05) is 10.6 Å². The lowest BCUT2D eigenvalue weighted by atomic mass is 10.1. The van der Waals surface area contributed by atoms with Gasteiger partial charge < -0.3 is 15.4 Å². The second-order valence-electron chi connectivity index (χ2n) is 7.68. The number of benzene rings is 3. The van der Waals surface area contributed by atoms with Crippen LogP contribution in [0.2, 0.25) is 10.0 Å². The Labute approximate surface area is 193 Å². The van der Waals surface area contributed by atoms with Crippen LogP contribution in [-0.4, -0.2) is 5.91 Å². The third-order valence-corrected chi connectivity index (χ3v) is 5.34. The summed E-state index contributed by atoms with van der Waals surface area (Å²) in [6.45, 7) is 4.90. The Morgan fingerprint density at radius 2 is 1.61 bits per heavy atom. The van der Waals surface area contributed by atoms with Gasteiger partial charge in [-0.05, 0) is 42.3 Å². The third kappa shape index (κ3) is 6.91. The van der Waals surface area contributed by atoms with Crippen LogP contribution in [0.4, 0.5) is 11.4 Å². The highest BCUT2D eigenvalue weighted by Gasteiger charge is 2.09. The van der Waals surface area contributed by atoms with Gasteiger partial charge in [0, 0.05) is 45.5 Å². The highest BCUT2D eigenvalue weighted by Crippen LogP contribution is 2.27. The minimum atomic E-state index is 0.0177. The van der Waals surface area contributed by atoms with E-state index in [-0.39, 0.29) is 12.5 Å². The number of ether oxygens (including phenoxy) is 1. The van der Waals surface area contributed by atoms with Crippen molar-refractivity contribution in [2.45, 2.75) is 33.4 Å². The molecule has 0 aromatic heterocycles. The minimum absolute atomic E-state index is 0.0177. The van der Waals surface area contributed by atoms with Crippen molar-refractivity contribution < 1.29 is 9.53 Å². The minimum Gasteiger partial charge on any atom is -0.488 e. The number of rotatable bonds is 9. The number of carbonyl (C=O) groups is 1. The van der Waals surface area contributed by atoms with Crippen molar-refractivity contribution >= 4 is 40.5 Å². The summed E-state index contributed by atoms with van der Waals surface area (Å²) in [6, 6.07) is 20.9. The molecule has 4 nitrogen and oxygen atoms in total. The van der Waals surface area contributed by atoms with Gasteiger partial charge >= 0.3 is 0 Å². The van der Waals surface area contributed by atoms with Gasteiger partial charge in [0.25, 0.3) is 0 Å². The molecule has 3 aromatic carbocycles. The van der Waals surface area contributed by atoms with Gasteiger partial charge in [-0.15, -0.1) is 0 Å². The Kier molecular flexibility index (Phi) is 8.21. The van der Waals surface area contributed by atoms with Crippen LogP contribution < -0.4 is 15.4 Å². The van der Waals surface area contributed by atoms with Gasteiger partial charge in [-0.2, -0.15) is 0 Å². The maximum Gasteiger partial charge on any atom is 0.224 e. The molecule has 0 saturated carbocycles. The lowest BCUT2D eigenvalue weighted by Crippen LogP contribution is -2.14. The van der Waals surface area contributed by atoms with E-state index in [1.807, 2.05) is 68.4 Å². The van der Waals surface area contributed by atoms with Gasteiger partial charge in [0.05, 0.1) is 0 Å². The fraction of sp³-hybridized carbons (Fsp3) is 0.240. The van der Waals surface area contributed by atoms with Crippen molar-refractivity contribution in [3.8, 4) is 5.75 Å². The molecule has 0 heterocycles. The number of hydrogen-bond donors (Lipinski definition) is 2. The first kappa shape index (κ1) is 23.0. The summed E-state index contributed by atoms with van der Waals surface area (Å²) in [4.78, 5) is 12.0. The van der Waals surface area contributed by atoms with E-state index in [1.54, 1.807) is 12.1 Å². The van der Waals surface area contributed by atoms with E-state index in [2.05, 4.69) is 10.6 Å². The van der Waals surface area contributed by atoms with E-state index in [0.717, 1.165) is 28.3 Å². The smallest absolute Gasteiger partial charge is 0.224 e. The molecule has 0 unspecified atom stereocenters. The number of amides is 1. The summed E-state index contributed by atoms with van der Waals surface area (Å²) in [5, 5.41) is 7.50. The standard InChI is InChI=1S/C25H26Cl2N2O2/c1-17(2)13-25(30)29-20-9-5-8-19(14-20)28-15-18-7-3-4-12-24(18)31-16-21-22(26)10-6-11-23(21)27/h3-12,14,17,28H,13,15-16H2,1-2H3,(H,29,30). The Morgan fingerprint density at radius 3 is 2.35 bits per heavy atom. The van der Waals surface area contributed by atoms with Gasteiger partial charge in [-0.1, -0.05) is 67.4 Å². The predicted octanol–water partition coefficient (Wildman–Crippen LogP) is 7.17. The van der Waals surface area contributed by atoms with Crippen molar-refractivity contribution in [2.24, 2.45) is 5.92 Å². The van der Waals surface area contributed by atoms with Crippen LogP contribution >= 0.6 is 23.2 Å². The first-order chi connectivity index (χ1) is 14.9. The van der Waals surface area contributed by atoms with Gasteiger partial charge in [0.2, 0.25) is 5.91 Å². The molecule has 3 rings (SSSR count). The van der Waals surface area contributed by atoms with Crippen molar-refractivity contribution in [1.82, 2.24) is 0 Å². The Balaban J connectivity index is 1.64. The molecule has 0 aliphatic heterocycles. The summed E-state index contributed by atoms with van der Waals surface area (Å²) in [7, 11) is 0. The van der Waals surface area contributed by atoms with Crippen LogP contribution in [0.25, 0.3) is 0 Å². The van der Waals surface area contributed by atoms with Gasteiger partial charge in [-0.25, -0.2) is 0 Å². The molecule has 31 heavy (non-hydrogen) atoms. The predicted molar refractivity (Wildman–Crippen MR) is 129 cm³/mol. The second-order valence-corrected chi connectivity index (χ2v) is 8.49. The number of halogens is 2. The molecule has 0 radical (unpaired) electrons. The average molecular weight is 457 g/mol. The van der Waals surface area contributed by atoms with E-state index in [9.17, 15) is 4.79 Å². The van der Waals surface area contributed by atoms with E-state index in [4.69, 9.17) is 27.9 Å². The number of hydrogen-bond acceptors (Lipinski definition) is 3. The molecular formula is C25H26Cl2N2O2. The molecule has 2 N–H and O–H groups in total. The summed E-state index contributed by atoms with van der Waals surface area (Å²) in [5.74, 6) is 1.09. The molecule has 0 aliphatic carbocycles. The normalized spacial score (nSPS) is 10.7. The number of nitrogens with one attached hydrogen (secondary N) is 2. The van der Waals surface area contributed by atoms with Gasteiger partial charge in [-0.3, -0.25) is 4.79 Å². The summed E-state index contributed by atoms with van der Waals surface area (Å²) in [6.07, 6.45) is 0.498. The molecule has 0 aliphatic rings. The van der Waals surface area contributed by atoms with Gasteiger partial charge in [0.15, 0.2) is 0 Å². The maximum atomic E-state index is 12.0. The number of anilines is 2. The molecular weight excluding hydrogens is 431 g/mol. The highest BCUT2D eigenvalue weighted by molar-refractivity contribution is 6.35. The van der Waals surface area contributed by atoms with Gasteiger partial charge in [0.1, 0.15) is 12.4 Å². The zero-order valence-corrected chi connectivity index (χ0v) is 19.1. The summed E-state index contributed by atoms with van der Waals surface area (Å²) < 4.78 is 6.02. The summed E-state index contributed by atoms with van der Waals surface area (Å²) >= 11 is 12.5. The average Bonchev–Trinajstić information content (AvgIpc) is 2.72. The SMILES string of the molecule is CC(C)CC(=O)Nc1cccc(NCc2ccccc2OCc2c(Cl)cccc2Cl)c1.